The number of benzene rings is 2. The highest BCUT2D eigenvalue weighted by Crippen LogP contribution is 2.36. The van der Waals surface area contributed by atoms with Crippen molar-refractivity contribution >= 4 is 28.5 Å². The minimum absolute atomic E-state index is 0.0703. The van der Waals surface area contributed by atoms with Crippen LogP contribution in [-0.2, 0) is 14.3 Å². The summed E-state index contributed by atoms with van der Waals surface area (Å²) in [7, 11) is 3.33. The lowest BCUT2D eigenvalue weighted by atomic mass is 9.97. The maximum atomic E-state index is 12.8. The number of methoxy groups -OCH3 is 1. The number of esters is 1. The predicted molar refractivity (Wildman–Crippen MR) is 144 cm³/mol. The van der Waals surface area contributed by atoms with Crippen molar-refractivity contribution in [1.82, 2.24) is 4.90 Å². The Hall–Kier alpha value is -3.52. The number of fused-ring (bicyclic) bond motifs is 1. The van der Waals surface area contributed by atoms with E-state index in [4.69, 9.17) is 18.6 Å². The summed E-state index contributed by atoms with van der Waals surface area (Å²) < 4.78 is 22.1. The highest BCUT2D eigenvalue weighted by Gasteiger charge is 2.24. The first kappa shape index (κ1) is 28.1. The van der Waals surface area contributed by atoms with E-state index in [1.165, 1.54) is 4.90 Å². The summed E-state index contributed by atoms with van der Waals surface area (Å²) in [5.74, 6) is 1.44. The number of hydrogen-bond donors (Lipinski definition) is 1. The SMILES string of the molecule is CCOC(=O)CCN(C)C(=O)c1ccc(NC(c2oc3ccc(OCCOC)cc3c2C)C(C)C)cc1. The van der Waals surface area contributed by atoms with Crippen LogP contribution in [0.1, 0.15) is 54.9 Å². The quantitative estimate of drug-likeness (QED) is 0.236. The molecule has 1 aromatic heterocycles. The third-order valence-corrected chi connectivity index (χ3v) is 6.21. The molecular formula is C29H38N2O6. The highest BCUT2D eigenvalue weighted by atomic mass is 16.5. The van der Waals surface area contributed by atoms with E-state index in [-0.39, 0.29) is 30.3 Å². The molecule has 0 aliphatic rings. The summed E-state index contributed by atoms with van der Waals surface area (Å²) in [4.78, 5) is 25.9. The van der Waals surface area contributed by atoms with Gasteiger partial charge in [-0.15, -0.1) is 0 Å². The molecule has 1 heterocycles. The second-order valence-electron chi connectivity index (χ2n) is 9.32. The Kier molecular flexibility index (Phi) is 9.97. The van der Waals surface area contributed by atoms with Crippen LogP contribution in [0.2, 0.25) is 0 Å². The fourth-order valence-electron chi connectivity index (χ4n) is 4.09. The summed E-state index contributed by atoms with van der Waals surface area (Å²) in [5.41, 5.74) is 3.31. The van der Waals surface area contributed by atoms with Crippen LogP contribution in [0.25, 0.3) is 11.0 Å². The number of anilines is 1. The molecule has 37 heavy (non-hydrogen) atoms. The smallest absolute Gasteiger partial charge is 0.307 e. The molecule has 1 amide bonds. The summed E-state index contributed by atoms with van der Waals surface area (Å²) in [6.45, 7) is 9.75. The summed E-state index contributed by atoms with van der Waals surface area (Å²) in [6.07, 6.45) is 0.170. The van der Waals surface area contributed by atoms with Crippen LogP contribution in [0.5, 0.6) is 5.75 Å². The molecule has 1 N–H and O–H groups in total. The van der Waals surface area contributed by atoms with Gasteiger partial charge in [-0.2, -0.15) is 0 Å². The number of furan rings is 1. The number of carbonyl (C=O) groups is 2. The van der Waals surface area contributed by atoms with Gasteiger partial charge < -0.3 is 28.8 Å². The zero-order valence-electron chi connectivity index (χ0n) is 22.6. The molecule has 0 aliphatic carbocycles. The van der Waals surface area contributed by atoms with E-state index in [1.54, 1.807) is 33.2 Å². The lowest BCUT2D eigenvalue weighted by molar-refractivity contribution is -0.143. The monoisotopic (exact) mass is 510 g/mol. The first-order chi connectivity index (χ1) is 17.7. The minimum atomic E-state index is -0.308. The zero-order chi connectivity index (χ0) is 26.9. The van der Waals surface area contributed by atoms with Crippen LogP contribution in [0.15, 0.2) is 46.9 Å². The number of amides is 1. The largest absolute Gasteiger partial charge is 0.491 e. The number of carbonyl (C=O) groups excluding carboxylic acids is 2. The Balaban J connectivity index is 1.72. The first-order valence-corrected chi connectivity index (χ1v) is 12.7. The van der Waals surface area contributed by atoms with Gasteiger partial charge in [0.1, 0.15) is 23.7 Å². The highest BCUT2D eigenvalue weighted by molar-refractivity contribution is 5.94. The molecule has 200 valence electrons. The Labute approximate surface area is 218 Å². The Bertz CT molecular complexity index is 1190. The van der Waals surface area contributed by atoms with E-state index in [2.05, 4.69) is 26.1 Å². The standard InChI is InChI=1S/C29H38N2O6/c1-7-35-26(32)14-15-31(5)29(33)21-8-10-22(11-9-21)30-27(19(2)3)28-20(4)24-18-23(36-17-16-34-6)12-13-25(24)37-28/h8-13,18-19,27,30H,7,14-17H2,1-6H3. The molecule has 0 aliphatic heterocycles. The van der Waals surface area contributed by atoms with Gasteiger partial charge in [-0.1, -0.05) is 13.8 Å². The van der Waals surface area contributed by atoms with Crippen LogP contribution in [0.3, 0.4) is 0 Å². The van der Waals surface area contributed by atoms with Crippen molar-refractivity contribution in [3.05, 3.63) is 59.4 Å². The van der Waals surface area contributed by atoms with Crippen molar-refractivity contribution in [2.75, 3.05) is 45.8 Å². The van der Waals surface area contributed by atoms with E-state index in [0.29, 0.717) is 31.9 Å². The predicted octanol–water partition coefficient (Wildman–Crippen LogP) is 5.60. The molecule has 2 aromatic carbocycles. The molecule has 0 saturated heterocycles. The van der Waals surface area contributed by atoms with Gasteiger partial charge in [0.2, 0.25) is 0 Å². The third-order valence-electron chi connectivity index (χ3n) is 6.21. The van der Waals surface area contributed by atoms with E-state index >= 15 is 0 Å². The average molecular weight is 511 g/mol. The number of ether oxygens (including phenoxy) is 3. The molecule has 0 fully saturated rings. The van der Waals surface area contributed by atoms with Crippen molar-refractivity contribution in [1.29, 1.82) is 0 Å². The molecule has 0 spiro atoms. The van der Waals surface area contributed by atoms with Crippen molar-refractivity contribution in [2.24, 2.45) is 5.92 Å². The summed E-state index contributed by atoms with van der Waals surface area (Å²) in [6, 6.07) is 13.1. The van der Waals surface area contributed by atoms with Crippen LogP contribution in [-0.4, -0.2) is 57.3 Å². The van der Waals surface area contributed by atoms with Gasteiger partial charge in [-0.3, -0.25) is 9.59 Å². The van der Waals surface area contributed by atoms with E-state index in [1.807, 2.05) is 30.3 Å². The summed E-state index contributed by atoms with van der Waals surface area (Å²) in [5, 5.41) is 4.59. The maximum absolute atomic E-state index is 12.8. The van der Waals surface area contributed by atoms with Crippen molar-refractivity contribution < 1.29 is 28.2 Å². The van der Waals surface area contributed by atoms with Gasteiger partial charge in [0, 0.05) is 42.9 Å². The molecule has 8 heteroatoms. The Morgan fingerprint density at radius 1 is 1.08 bits per heavy atom. The third kappa shape index (κ3) is 7.26. The molecule has 1 unspecified atom stereocenters. The molecule has 3 rings (SSSR count). The summed E-state index contributed by atoms with van der Waals surface area (Å²) >= 11 is 0. The van der Waals surface area contributed by atoms with E-state index < -0.39 is 0 Å². The molecule has 0 radical (unpaired) electrons. The van der Waals surface area contributed by atoms with Crippen molar-refractivity contribution in [2.45, 2.75) is 40.2 Å². The van der Waals surface area contributed by atoms with E-state index in [9.17, 15) is 9.59 Å². The van der Waals surface area contributed by atoms with Gasteiger partial charge in [-0.05, 0) is 62.2 Å². The van der Waals surface area contributed by atoms with E-state index in [0.717, 1.165) is 33.7 Å². The molecular weight excluding hydrogens is 472 g/mol. The fraction of sp³-hybridized carbons (Fsp3) is 0.448. The number of nitrogens with one attached hydrogen (secondary N) is 1. The van der Waals surface area contributed by atoms with Gasteiger partial charge in [0.05, 0.1) is 25.7 Å². The van der Waals surface area contributed by atoms with Gasteiger partial charge >= 0.3 is 5.97 Å². The number of hydrogen-bond acceptors (Lipinski definition) is 7. The van der Waals surface area contributed by atoms with Gasteiger partial charge in [0.25, 0.3) is 5.91 Å². The maximum Gasteiger partial charge on any atom is 0.307 e. The lowest BCUT2D eigenvalue weighted by Crippen LogP contribution is -2.29. The zero-order valence-corrected chi connectivity index (χ0v) is 22.6. The fourth-order valence-corrected chi connectivity index (χ4v) is 4.09. The second-order valence-corrected chi connectivity index (χ2v) is 9.32. The molecule has 1 atom stereocenters. The average Bonchev–Trinajstić information content (AvgIpc) is 3.21. The number of nitrogens with zero attached hydrogens (tertiary/aromatic N) is 1. The van der Waals surface area contributed by atoms with Crippen LogP contribution < -0.4 is 10.1 Å². The topological polar surface area (TPSA) is 90.2 Å². The second kappa shape index (κ2) is 13.1. The van der Waals surface area contributed by atoms with Crippen LogP contribution >= 0.6 is 0 Å². The Morgan fingerprint density at radius 3 is 2.46 bits per heavy atom. The normalized spacial score (nSPS) is 12.0. The number of aryl methyl sites for hydroxylation is 1. The Morgan fingerprint density at radius 2 is 1.81 bits per heavy atom. The molecule has 0 bridgehead atoms. The minimum Gasteiger partial charge on any atom is -0.491 e. The molecule has 8 nitrogen and oxygen atoms in total. The van der Waals surface area contributed by atoms with Crippen LogP contribution in [0.4, 0.5) is 5.69 Å². The van der Waals surface area contributed by atoms with Crippen LogP contribution in [0, 0.1) is 12.8 Å². The number of rotatable bonds is 13. The van der Waals surface area contributed by atoms with Gasteiger partial charge in [0.15, 0.2) is 0 Å². The molecule has 3 aromatic rings. The first-order valence-electron chi connectivity index (χ1n) is 12.7. The van der Waals surface area contributed by atoms with Crippen molar-refractivity contribution in [3.63, 3.8) is 0 Å². The lowest BCUT2D eigenvalue weighted by Gasteiger charge is -2.23. The van der Waals surface area contributed by atoms with Crippen molar-refractivity contribution in [3.8, 4) is 5.75 Å². The molecule has 0 saturated carbocycles. The van der Waals surface area contributed by atoms with Gasteiger partial charge in [-0.25, -0.2) is 0 Å².